The van der Waals surface area contributed by atoms with Crippen LogP contribution in [-0.2, 0) is 19.6 Å². The van der Waals surface area contributed by atoms with Gasteiger partial charge in [-0.25, -0.2) is 0 Å². The van der Waals surface area contributed by atoms with Gasteiger partial charge < -0.3 is 14.5 Å². The number of hydrogen-bond donors (Lipinski definition) is 1. The molecule has 0 spiro atoms. The molecule has 0 saturated carbocycles. The third-order valence-corrected chi connectivity index (χ3v) is 5.61. The number of aromatic nitrogens is 2. The van der Waals surface area contributed by atoms with Crippen molar-refractivity contribution in [2.45, 2.75) is 32.9 Å². The highest BCUT2D eigenvalue weighted by Gasteiger charge is 2.16. The number of benzene rings is 2. The molecule has 1 amide bonds. The lowest BCUT2D eigenvalue weighted by Gasteiger charge is -2.05. The minimum Gasteiger partial charge on any atom is -0.486 e. The van der Waals surface area contributed by atoms with E-state index in [1.807, 2.05) is 36.4 Å². The van der Waals surface area contributed by atoms with Gasteiger partial charge in [0.15, 0.2) is 11.6 Å². The van der Waals surface area contributed by atoms with Gasteiger partial charge in [0.05, 0.1) is 6.54 Å². The molecule has 0 radical (unpaired) electrons. The van der Waals surface area contributed by atoms with E-state index in [4.69, 9.17) is 32.4 Å². The van der Waals surface area contributed by atoms with Gasteiger partial charge in [-0.2, -0.15) is 5.10 Å². The monoisotopic (exact) mass is 483 g/mol. The molecule has 6 nitrogen and oxygen atoms in total. The predicted molar refractivity (Wildman–Crippen MR) is 129 cm³/mol. The molecule has 4 aromatic rings. The zero-order valence-electron chi connectivity index (χ0n) is 18.1. The van der Waals surface area contributed by atoms with Crippen LogP contribution in [-0.4, -0.2) is 15.7 Å². The molecule has 0 aliphatic rings. The lowest BCUT2D eigenvalue weighted by atomic mass is 10.1. The number of rotatable bonds is 9. The first kappa shape index (κ1) is 23.0. The number of carbonyl (C=O) groups excluding carboxylic acids is 1. The standard InChI is InChI=1S/C25H23Cl2N3O3/c1-2-5-17-8-10-19(11-9-17)32-16-20-12-13-23(33-20)25(31)28-24-22(27)15-30(29-24)14-18-6-3-4-7-21(18)26/h3-4,6-13,15H,2,5,14,16H2,1H3,(H,28,29,31). The van der Waals surface area contributed by atoms with E-state index in [0.29, 0.717) is 22.4 Å². The van der Waals surface area contributed by atoms with Gasteiger partial charge in [-0.3, -0.25) is 9.48 Å². The van der Waals surface area contributed by atoms with Gasteiger partial charge in [-0.1, -0.05) is 66.9 Å². The summed E-state index contributed by atoms with van der Waals surface area (Å²) in [5.74, 6) is 1.22. The van der Waals surface area contributed by atoms with E-state index in [2.05, 4.69) is 29.5 Å². The van der Waals surface area contributed by atoms with Crippen molar-refractivity contribution in [3.8, 4) is 5.75 Å². The number of carbonyl (C=O) groups is 1. The predicted octanol–water partition coefficient (Wildman–Crippen LogP) is 6.62. The summed E-state index contributed by atoms with van der Waals surface area (Å²) in [6, 6.07) is 18.7. The topological polar surface area (TPSA) is 69.3 Å². The Labute approximate surface area is 202 Å². The molecule has 2 aromatic carbocycles. The van der Waals surface area contributed by atoms with Crippen molar-refractivity contribution in [3.05, 3.63) is 99.6 Å². The maximum atomic E-state index is 12.6. The molecule has 2 aromatic heterocycles. The second kappa shape index (κ2) is 10.6. The number of furan rings is 1. The molecular formula is C25H23Cl2N3O3. The molecule has 2 heterocycles. The minimum absolute atomic E-state index is 0.142. The number of anilines is 1. The average molecular weight is 484 g/mol. The number of aryl methyl sites for hydroxylation is 1. The second-order valence-corrected chi connectivity index (χ2v) is 8.33. The summed E-state index contributed by atoms with van der Waals surface area (Å²) in [6.45, 7) is 2.79. The lowest BCUT2D eigenvalue weighted by molar-refractivity contribution is 0.0992. The van der Waals surface area contributed by atoms with Gasteiger partial charge in [-0.15, -0.1) is 0 Å². The number of ether oxygens (including phenoxy) is 1. The highest BCUT2D eigenvalue weighted by atomic mass is 35.5. The van der Waals surface area contributed by atoms with E-state index in [1.165, 1.54) is 5.56 Å². The van der Waals surface area contributed by atoms with Crippen LogP contribution in [0.3, 0.4) is 0 Å². The van der Waals surface area contributed by atoms with Crippen LogP contribution in [0.1, 0.15) is 40.8 Å². The minimum atomic E-state index is -0.449. The van der Waals surface area contributed by atoms with Crippen LogP contribution in [0, 0.1) is 0 Å². The van der Waals surface area contributed by atoms with Crippen LogP contribution >= 0.6 is 23.2 Å². The van der Waals surface area contributed by atoms with Crippen molar-refractivity contribution in [1.82, 2.24) is 9.78 Å². The molecule has 8 heteroatoms. The summed E-state index contributed by atoms with van der Waals surface area (Å²) in [7, 11) is 0. The van der Waals surface area contributed by atoms with Crippen LogP contribution in [0.2, 0.25) is 10.0 Å². The Balaban J connectivity index is 1.35. The molecule has 0 atom stereocenters. The van der Waals surface area contributed by atoms with Crippen molar-refractivity contribution in [2.24, 2.45) is 0 Å². The van der Waals surface area contributed by atoms with Gasteiger partial charge in [0.25, 0.3) is 5.91 Å². The Morgan fingerprint density at radius 1 is 1.06 bits per heavy atom. The zero-order valence-corrected chi connectivity index (χ0v) is 19.6. The summed E-state index contributed by atoms with van der Waals surface area (Å²) in [4.78, 5) is 12.6. The van der Waals surface area contributed by atoms with E-state index >= 15 is 0 Å². The Hall–Kier alpha value is -3.22. The Kier molecular flexibility index (Phi) is 7.37. The smallest absolute Gasteiger partial charge is 0.292 e. The van der Waals surface area contributed by atoms with Crippen molar-refractivity contribution >= 4 is 34.9 Å². The quantitative estimate of drug-likeness (QED) is 0.290. The van der Waals surface area contributed by atoms with E-state index in [-0.39, 0.29) is 18.2 Å². The fourth-order valence-corrected chi connectivity index (χ4v) is 3.70. The first-order valence-corrected chi connectivity index (χ1v) is 11.4. The highest BCUT2D eigenvalue weighted by Crippen LogP contribution is 2.23. The molecule has 0 unspecified atom stereocenters. The van der Waals surface area contributed by atoms with Crippen molar-refractivity contribution < 1.29 is 13.9 Å². The van der Waals surface area contributed by atoms with E-state index in [0.717, 1.165) is 24.2 Å². The maximum Gasteiger partial charge on any atom is 0.292 e. The number of amides is 1. The lowest BCUT2D eigenvalue weighted by Crippen LogP contribution is -2.12. The number of nitrogens with one attached hydrogen (secondary N) is 1. The van der Waals surface area contributed by atoms with Crippen LogP contribution in [0.15, 0.2) is 71.3 Å². The van der Waals surface area contributed by atoms with Crippen LogP contribution < -0.4 is 10.1 Å². The average Bonchev–Trinajstić information content (AvgIpc) is 3.42. The molecule has 0 aliphatic carbocycles. The molecule has 170 valence electrons. The van der Waals surface area contributed by atoms with Crippen molar-refractivity contribution in [1.29, 1.82) is 0 Å². The molecule has 1 N–H and O–H groups in total. The summed E-state index contributed by atoms with van der Waals surface area (Å²) in [5.41, 5.74) is 2.17. The van der Waals surface area contributed by atoms with Gasteiger partial charge in [0.1, 0.15) is 23.1 Å². The molecule has 0 aliphatic heterocycles. The first-order valence-electron chi connectivity index (χ1n) is 10.6. The Morgan fingerprint density at radius 3 is 2.61 bits per heavy atom. The van der Waals surface area contributed by atoms with E-state index < -0.39 is 5.91 Å². The second-order valence-electron chi connectivity index (χ2n) is 7.52. The van der Waals surface area contributed by atoms with Crippen molar-refractivity contribution in [3.63, 3.8) is 0 Å². The van der Waals surface area contributed by atoms with E-state index in [1.54, 1.807) is 23.0 Å². The summed E-state index contributed by atoms with van der Waals surface area (Å²) in [6.07, 6.45) is 3.77. The number of nitrogens with zero attached hydrogens (tertiary/aromatic N) is 2. The normalized spacial score (nSPS) is 10.9. The molecule has 0 saturated heterocycles. The van der Waals surface area contributed by atoms with Crippen LogP contribution in [0.5, 0.6) is 5.75 Å². The number of hydrogen-bond acceptors (Lipinski definition) is 4. The van der Waals surface area contributed by atoms with E-state index in [9.17, 15) is 4.79 Å². The molecule has 0 fully saturated rings. The zero-order chi connectivity index (χ0) is 23.2. The first-order chi connectivity index (χ1) is 16.0. The van der Waals surface area contributed by atoms with Crippen LogP contribution in [0.4, 0.5) is 5.82 Å². The summed E-state index contributed by atoms with van der Waals surface area (Å²) >= 11 is 12.5. The fourth-order valence-electron chi connectivity index (χ4n) is 3.31. The van der Waals surface area contributed by atoms with Crippen LogP contribution in [0.25, 0.3) is 0 Å². The highest BCUT2D eigenvalue weighted by molar-refractivity contribution is 6.33. The molecule has 0 bridgehead atoms. The van der Waals surface area contributed by atoms with Crippen molar-refractivity contribution in [2.75, 3.05) is 5.32 Å². The SMILES string of the molecule is CCCc1ccc(OCc2ccc(C(=O)Nc3nn(Cc4ccccc4Cl)cc3Cl)o2)cc1. The van der Waals surface area contributed by atoms with Gasteiger partial charge in [0, 0.05) is 11.2 Å². The third kappa shape index (κ3) is 5.97. The van der Waals surface area contributed by atoms with Gasteiger partial charge >= 0.3 is 0 Å². The molecule has 4 rings (SSSR count). The Bertz CT molecular complexity index is 1230. The number of halogens is 2. The molecule has 33 heavy (non-hydrogen) atoms. The largest absolute Gasteiger partial charge is 0.486 e. The third-order valence-electron chi connectivity index (χ3n) is 4.97. The summed E-state index contributed by atoms with van der Waals surface area (Å²) < 4.78 is 13.0. The summed E-state index contributed by atoms with van der Waals surface area (Å²) in [5, 5.41) is 7.98. The van der Waals surface area contributed by atoms with Gasteiger partial charge in [-0.05, 0) is 47.9 Å². The Morgan fingerprint density at radius 2 is 1.85 bits per heavy atom. The molecular weight excluding hydrogens is 461 g/mol. The fraction of sp³-hybridized carbons (Fsp3) is 0.200. The van der Waals surface area contributed by atoms with Gasteiger partial charge in [0.2, 0.25) is 0 Å². The maximum absolute atomic E-state index is 12.6.